The van der Waals surface area contributed by atoms with Gasteiger partial charge >= 0.3 is 0 Å². The van der Waals surface area contributed by atoms with Crippen LogP contribution in [0.4, 0.5) is 0 Å². The van der Waals surface area contributed by atoms with E-state index in [2.05, 4.69) is 9.80 Å². The minimum Gasteiger partial charge on any atom is -0.377 e. The molecule has 0 saturated carbocycles. The van der Waals surface area contributed by atoms with Crippen LogP contribution in [0.1, 0.15) is 19.3 Å². The summed E-state index contributed by atoms with van der Waals surface area (Å²) in [5.74, 6) is 0.756. The lowest BCUT2D eigenvalue weighted by Crippen LogP contribution is -2.49. The van der Waals surface area contributed by atoms with Crippen LogP contribution in [0, 0.1) is 0 Å². The van der Waals surface area contributed by atoms with Crippen molar-refractivity contribution in [1.29, 1.82) is 0 Å². The third-order valence-corrected chi connectivity index (χ3v) is 3.77. The predicted octanol–water partition coefficient (Wildman–Crippen LogP) is 1.41. The Labute approximate surface area is 104 Å². The average Bonchev–Trinajstić information content (AvgIpc) is 2.33. The fraction of sp³-hybridized carbons (Fsp3) is 1.00. The number of halogens is 1. The molecular weight excluding hydrogens is 224 g/mol. The number of ether oxygens (including phenoxy) is 1. The first-order chi connectivity index (χ1) is 7.88. The third kappa shape index (κ3) is 3.88. The summed E-state index contributed by atoms with van der Waals surface area (Å²) < 4.78 is 5.78. The molecule has 1 unspecified atom stereocenters. The summed E-state index contributed by atoms with van der Waals surface area (Å²) >= 11 is 5.75. The molecule has 0 aromatic carbocycles. The number of hydrogen-bond acceptors (Lipinski definition) is 3. The van der Waals surface area contributed by atoms with Crippen molar-refractivity contribution in [3.63, 3.8) is 0 Å². The van der Waals surface area contributed by atoms with E-state index >= 15 is 0 Å². The summed E-state index contributed by atoms with van der Waals surface area (Å²) in [7, 11) is 0. The van der Waals surface area contributed by atoms with Crippen molar-refractivity contribution in [2.24, 2.45) is 0 Å². The maximum Gasteiger partial charge on any atom is 0.0702 e. The predicted molar refractivity (Wildman–Crippen MR) is 67.2 cm³/mol. The SMILES string of the molecule is ClCCN1CCN(CC2CCCCO2)CC1. The molecule has 4 heteroatoms. The monoisotopic (exact) mass is 246 g/mol. The number of rotatable bonds is 4. The Morgan fingerprint density at radius 3 is 2.44 bits per heavy atom. The van der Waals surface area contributed by atoms with E-state index in [0.29, 0.717) is 6.10 Å². The second-order valence-corrected chi connectivity index (χ2v) is 5.20. The van der Waals surface area contributed by atoms with Crippen molar-refractivity contribution >= 4 is 11.6 Å². The lowest BCUT2D eigenvalue weighted by molar-refractivity contribution is -0.0137. The van der Waals surface area contributed by atoms with Crippen LogP contribution in [-0.4, -0.2) is 67.7 Å². The molecular formula is C12H23ClN2O. The molecule has 2 fully saturated rings. The lowest BCUT2D eigenvalue weighted by atomic mass is 10.1. The van der Waals surface area contributed by atoms with Crippen LogP contribution in [0.3, 0.4) is 0 Å². The highest BCUT2D eigenvalue weighted by Crippen LogP contribution is 2.14. The molecule has 0 bridgehead atoms. The van der Waals surface area contributed by atoms with Gasteiger partial charge in [0.05, 0.1) is 6.10 Å². The Kier molecular flexibility index (Phi) is 5.36. The van der Waals surface area contributed by atoms with Crippen molar-refractivity contribution in [2.45, 2.75) is 25.4 Å². The normalized spacial score (nSPS) is 29.4. The van der Waals surface area contributed by atoms with Crippen LogP contribution in [0.15, 0.2) is 0 Å². The molecule has 0 aromatic rings. The fourth-order valence-electron chi connectivity index (χ4n) is 2.55. The van der Waals surface area contributed by atoms with Gasteiger partial charge in [0, 0.05) is 51.8 Å². The Hall–Kier alpha value is 0.170. The smallest absolute Gasteiger partial charge is 0.0702 e. The standard InChI is InChI=1S/C12H23ClN2O/c13-4-5-14-6-8-15(9-7-14)11-12-3-1-2-10-16-12/h12H,1-11H2. The van der Waals surface area contributed by atoms with Gasteiger partial charge in [0.1, 0.15) is 0 Å². The molecule has 0 aromatic heterocycles. The van der Waals surface area contributed by atoms with Crippen molar-refractivity contribution in [2.75, 3.05) is 51.8 Å². The summed E-state index contributed by atoms with van der Waals surface area (Å²) in [5, 5.41) is 0. The first-order valence-electron chi connectivity index (χ1n) is 6.51. The Morgan fingerprint density at radius 2 is 1.81 bits per heavy atom. The quantitative estimate of drug-likeness (QED) is 0.698. The van der Waals surface area contributed by atoms with E-state index in [0.717, 1.165) is 25.6 Å². The highest BCUT2D eigenvalue weighted by Gasteiger charge is 2.21. The van der Waals surface area contributed by atoms with Gasteiger partial charge in [0.2, 0.25) is 0 Å². The molecule has 0 amide bonds. The van der Waals surface area contributed by atoms with Gasteiger partial charge in [-0.2, -0.15) is 0 Å². The van der Waals surface area contributed by atoms with Crippen LogP contribution in [0.2, 0.25) is 0 Å². The molecule has 16 heavy (non-hydrogen) atoms. The zero-order valence-corrected chi connectivity index (χ0v) is 10.8. The molecule has 0 spiro atoms. The maximum atomic E-state index is 5.78. The molecule has 2 heterocycles. The molecule has 2 rings (SSSR count). The minimum absolute atomic E-state index is 0.494. The van der Waals surface area contributed by atoms with Crippen LogP contribution < -0.4 is 0 Å². The van der Waals surface area contributed by atoms with Crippen molar-refractivity contribution in [3.8, 4) is 0 Å². The lowest BCUT2D eigenvalue weighted by Gasteiger charge is -2.36. The summed E-state index contributed by atoms with van der Waals surface area (Å²) in [5.41, 5.74) is 0. The van der Waals surface area contributed by atoms with Gasteiger partial charge in [0.15, 0.2) is 0 Å². The Balaban J connectivity index is 1.64. The van der Waals surface area contributed by atoms with Crippen molar-refractivity contribution < 1.29 is 4.74 Å². The fourth-order valence-corrected chi connectivity index (χ4v) is 2.79. The molecule has 2 aliphatic rings. The van der Waals surface area contributed by atoms with Gasteiger partial charge in [-0.25, -0.2) is 0 Å². The van der Waals surface area contributed by atoms with E-state index in [-0.39, 0.29) is 0 Å². The number of hydrogen-bond donors (Lipinski definition) is 0. The maximum absolute atomic E-state index is 5.78. The third-order valence-electron chi connectivity index (χ3n) is 3.60. The minimum atomic E-state index is 0.494. The first-order valence-corrected chi connectivity index (χ1v) is 7.04. The Morgan fingerprint density at radius 1 is 1.06 bits per heavy atom. The first kappa shape index (κ1) is 12.6. The van der Waals surface area contributed by atoms with Gasteiger partial charge < -0.3 is 4.74 Å². The summed E-state index contributed by atoms with van der Waals surface area (Å²) in [6.45, 7) is 7.83. The van der Waals surface area contributed by atoms with Crippen LogP contribution in [0.5, 0.6) is 0 Å². The van der Waals surface area contributed by atoms with E-state index < -0.39 is 0 Å². The highest BCUT2D eigenvalue weighted by molar-refractivity contribution is 6.18. The second kappa shape index (κ2) is 6.80. The van der Waals surface area contributed by atoms with E-state index in [1.807, 2.05) is 0 Å². The number of nitrogens with zero attached hydrogens (tertiary/aromatic N) is 2. The highest BCUT2D eigenvalue weighted by atomic mass is 35.5. The molecule has 0 N–H and O–H groups in total. The van der Waals surface area contributed by atoms with Gasteiger partial charge in [-0.1, -0.05) is 0 Å². The van der Waals surface area contributed by atoms with Gasteiger partial charge in [-0.05, 0) is 19.3 Å². The van der Waals surface area contributed by atoms with Gasteiger partial charge in [0.25, 0.3) is 0 Å². The molecule has 1 atom stereocenters. The van der Waals surface area contributed by atoms with Crippen LogP contribution in [0.25, 0.3) is 0 Å². The zero-order chi connectivity index (χ0) is 11.2. The zero-order valence-electron chi connectivity index (χ0n) is 10.0. The van der Waals surface area contributed by atoms with E-state index in [1.165, 1.54) is 45.4 Å². The van der Waals surface area contributed by atoms with E-state index in [4.69, 9.17) is 16.3 Å². The van der Waals surface area contributed by atoms with Crippen LogP contribution >= 0.6 is 11.6 Å². The summed E-state index contributed by atoms with van der Waals surface area (Å²) in [6.07, 6.45) is 4.34. The average molecular weight is 247 g/mol. The second-order valence-electron chi connectivity index (χ2n) is 4.82. The number of alkyl halides is 1. The molecule has 94 valence electrons. The number of piperazine rings is 1. The summed E-state index contributed by atoms with van der Waals surface area (Å²) in [6, 6.07) is 0. The molecule has 3 nitrogen and oxygen atoms in total. The van der Waals surface area contributed by atoms with Gasteiger partial charge in [-0.3, -0.25) is 9.80 Å². The largest absolute Gasteiger partial charge is 0.377 e. The van der Waals surface area contributed by atoms with E-state index in [9.17, 15) is 0 Å². The molecule has 2 aliphatic heterocycles. The topological polar surface area (TPSA) is 15.7 Å². The van der Waals surface area contributed by atoms with Crippen molar-refractivity contribution in [1.82, 2.24) is 9.80 Å². The van der Waals surface area contributed by atoms with Crippen LogP contribution in [-0.2, 0) is 4.74 Å². The van der Waals surface area contributed by atoms with Gasteiger partial charge in [-0.15, -0.1) is 11.6 Å². The molecule has 0 aliphatic carbocycles. The van der Waals surface area contributed by atoms with E-state index in [1.54, 1.807) is 0 Å². The summed E-state index contributed by atoms with van der Waals surface area (Å²) in [4.78, 5) is 4.99. The molecule has 0 radical (unpaired) electrons. The molecule has 2 saturated heterocycles. The Bertz CT molecular complexity index is 189. The van der Waals surface area contributed by atoms with Crippen molar-refractivity contribution in [3.05, 3.63) is 0 Å².